The quantitative estimate of drug-likeness (QED) is 0.254. The summed E-state index contributed by atoms with van der Waals surface area (Å²) in [5, 5.41) is 8.00. The van der Waals surface area contributed by atoms with Crippen LogP contribution in [0.3, 0.4) is 0 Å². The number of amides is 2. The number of carbonyl (C=O) groups excluding carboxylic acids is 1. The Morgan fingerprint density at radius 1 is 0.972 bits per heavy atom. The Bertz CT molecular complexity index is 1290. The number of anilines is 3. The van der Waals surface area contributed by atoms with E-state index in [1.807, 2.05) is 62.5 Å². The van der Waals surface area contributed by atoms with Crippen LogP contribution in [-0.2, 0) is 25.8 Å². The number of hydrogen-bond donors (Lipinski definition) is 2. The second kappa shape index (κ2) is 11.3. The van der Waals surface area contributed by atoms with Crippen molar-refractivity contribution in [3.8, 4) is 5.69 Å². The molecule has 0 saturated heterocycles. The van der Waals surface area contributed by atoms with Crippen LogP contribution in [0.15, 0.2) is 73.1 Å². The SMILES string of the molecule is CCc1ccc(N(Cc2ccc(-n3cccn3)cc2)C(=O)Nc2c(CC)c(N)cc(Cl)c2CC)cc1. The van der Waals surface area contributed by atoms with Crippen LogP contribution in [0.4, 0.5) is 21.9 Å². The fourth-order valence-corrected chi connectivity index (χ4v) is 4.70. The maximum Gasteiger partial charge on any atom is 0.326 e. The van der Waals surface area contributed by atoms with E-state index in [2.05, 4.69) is 29.5 Å². The summed E-state index contributed by atoms with van der Waals surface area (Å²) in [7, 11) is 0. The monoisotopic (exact) mass is 501 g/mol. The van der Waals surface area contributed by atoms with Gasteiger partial charge < -0.3 is 11.1 Å². The highest BCUT2D eigenvalue weighted by Crippen LogP contribution is 2.34. The standard InChI is InChI=1S/C29H32ClN5O/c1-4-20-8-12-22(13-9-20)34(19-21-10-14-23(15-11-21)35-17-7-16-32-35)29(36)33-28-24(5-2)26(30)18-27(31)25(28)6-3/h7-18H,4-6,19,31H2,1-3H3,(H,33,36). The van der Waals surface area contributed by atoms with Gasteiger partial charge in [0.1, 0.15) is 0 Å². The minimum Gasteiger partial charge on any atom is -0.398 e. The zero-order valence-corrected chi connectivity index (χ0v) is 21.7. The molecule has 0 spiro atoms. The number of nitrogens with one attached hydrogen (secondary N) is 1. The summed E-state index contributed by atoms with van der Waals surface area (Å²) in [4.78, 5) is 15.5. The molecule has 0 unspecified atom stereocenters. The molecule has 4 rings (SSSR count). The third kappa shape index (κ3) is 5.39. The Labute approximate surface area is 217 Å². The number of rotatable bonds is 8. The minimum absolute atomic E-state index is 0.235. The molecule has 7 heteroatoms. The first-order valence-electron chi connectivity index (χ1n) is 12.3. The molecular weight excluding hydrogens is 470 g/mol. The molecule has 1 aromatic heterocycles. The Hall–Kier alpha value is -3.77. The Morgan fingerprint density at radius 3 is 2.22 bits per heavy atom. The second-order valence-electron chi connectivity index (χ2n) is 8.64. The van der Waals surface area contributed by atoms with Crippen molar-refractivity contribution in [3.63, 3.8) is 0 Å². The van der Waals surface area contributed by atoms with Crippen LogP contribution in [0, 0.1) is 0 Å². The molecule has 36 heavy (non-hydrogen) atoms. The lowest BCUT2D eigenvalue weighted by atomic mass is 10.0. The van der Waals surface area contributed by atoms with Gasteiger partial charge in [-0.2, -0.15) is 5.10 Å². The minimum atomic E-state index is -0.235. The average Bonchev–Trinajstić information content (AvgIpc) is 3.43. The maximum atomic E-state index is 13.8. The van der Waals surface area contributed by atoms with Gasteiger partial charge in [-0.3, -0.25) is 4.90 Å². The number of urea groups is 1. The van der Waals surface area contributed by atoms with E-state index in [1.54, 1.807) is 21.8 Å². The number of carbonyl (C=O) groups is 1. The van der Waals surface area contributed by atoms with Gasteiger partial charge in [-0.25, -0.2) is 9.48 Å². The lowest BCUT2D eigenvalue weighted by Crippen LogP contribution is -2.35. The predicted octanol–water partition coefficient (Wildman–Crippen LogP) is 7.03. The molecule has 1 heterocycles. The van der Waals surface area contributed by atoms with E-state index >= 15 is 0 Å². The zero-order chi connectivity index (χ0) is 25.7. The van der Waals surface area contributed by atoms with Gasteiger partial charge in [0.2, 0.25) is 0 Å². The number of nitrogen functional groups attached to an aromatic ring is 1. The van der Waals surface area contributed by atoms with Crippen LogP contribution in [0.5, 0.6) is 0 Å². The molecule has 0 saturated carbocycles. The van der Waals surface area contributed by atoms with Crippen LogP contribution in [0.1, 0.15) is 43.0 Å². The summed E-state index contributed by atoms with van der Waals surface area (Å²) in [5.74, 6) is 0. The fraction of sp³-hybridized carbons (Fsp3) is 0.241. The predicted molar refractivity (Wildman–Crippen MR) is 149 cm³/mol. The number of halogens is 1. The summed E-state index contributed by atoms with van der Waals surface area (Å²) in [6, 6.07) is 19.6. The van der Waals surface area contributed by atoms with E-state index in [1.165, 1.54) is 5.56 Å². The van der Waals surface area contributed by atoms with E-state index in [-0.39, 0.29) is 6.03 Å². The van der Waals surface area contributed by atoms with Gasteiger partial charge >= 0.3 is 6.03 Å². The second-order valence-corrected chi connectivity index (χ2v) is 9.05. The first-order valence-corrected chi connectivity index (χ1v) is 12.7. The highest BCUT2D eigenvalue weighted by Gasteiger charge is 2.21. The molecule has 3 N–H and O–H groups in total. The smallest absolute Gasteiger partial charge is 0.326 e. The third-order valence-corrected chi connectivity index (χ3v) is 6.75. The van der Waals surface area contributed by atoms with Crippen LogP contribution in [-0.4, -0.2) is 15.8 Å². The summed E-state index contributed by atoms with van der Waals surface area (Å²) in [6.07, 6.45) is 5.95. The lowest BCUT2D eigenvalue weighted by molar-refractivity contribution is 0.256. The first-order chi connectivity index (χ1) is 17.4. The summed E-state index contributed by atoms with van der Waals surface area (Å²) >= 11 is 6.51. The average molecular weight is 502 g/mol. The highest BCUT2D eigenvalue weighted by molar-refractivity contribution is 6.32. The van der Waals surface area contributed by atoms with E-state index in [0.29, 0.717) is 35.8 Å². The Morgan fingerprint density at radius 2 is 1.64 bits per heavy atom. The van der Waals surface area contributed by atoms with E-state index in [0.717, 1.165) is 34.5 Å². The zero-order valence-electron chi connectivity index (χ0n) is 21.0. The molecule has 2 amide bonds. The molecular formula is C29H32ClN5O. The van der Waals surface area contributed by atoms with Crippen molar-refractivity contribution in [2.45, 2.75) is 46.6 Å². The highest BCUT2D eigenvalue weighted by atomic mass is 35.5. The van der Waals surface area contributed by atoms with Gasteiger partial charge in [-0.05, 0) is 77.9 Å². The molecule has 0 atom stereocenters. The number of benzene rings is 3. The lowest BCUT2D eigenvalue weighted by Gasteiger charge is -2.26. The van der Waals surface area contributed by atoms with Gasteiger partial charge in [-0.15, -0.1) is 0 Å². The molecule has 0 aliphatic carbocycles. The molecule has 0 bridgehead atoms. The molecule has 186 valence electrons. The molecule has 0 fully saturated rings. The van der Waals surface area contributed by atoms with Crippen LogP contribution in [0.2, 0.25) is 5.02 Å². The number of aryl methyl sites for hydroxylation is 1. The topological polar surface area (TPSA) is 76.2 Å². The number of hydrogen-bond acceptors (Lipinski definition) is 3. The van der Waals surface area contributed by atoms with Crippen molar-refractivity contribution < 1.29 is 4.79 Å². The number of nitrogens with two attached hydrogens (primary N) is 1. The molecule has 0 aliphatic rings. The Kier molecular flexibility index (Phi) is 7.96. The van der Waals surface area contributed by atoms with Crippen molar-refractivity contribution >= 4 is 34.7 Å². The van der Waals surface area contributed by atoms with Crippen molar-refractivity contribution in [2.24, 2.45) is 0 Å². The Balaban J connectivity index is 1.68. The molecule has 0 aliphatic heterocycles. The summed E-state index contributed by atoms with van der Waals surface area (Å²) in [6.45, 7) is 6.56. The van der Waals surface area contributed by atoms with Crippen LogP contribution < -0.4 is 16.0 Å². The summed E-state index contributed by atoms with van der Waals surface area (Å²) in [5.41, 5.74) is 13.3. The fourth-order valence-electron chi connectivity index (χ4n) is 4.36. The van der Waals surface area contributed by atoms with Crippen molar-refractivity contribution in [1.82, 2.24) is 9.78 Å². The molecule has 6 nitrogen and oxygen atoms in total. The van der Waals surface area contributed by atoms with Crippen LogP contribution in [0.25, 0.3) is 5.69 Å². The van der Waals surface area contributed by atoms with Crippen molar-refractivity contribution in [3.05, 3.63) is 100 Å². The number of aromatic nitrogens is 2. The molecule has 4 aromatic rings. The van der Waals surface area contributed by atoms with E-state index < -0.39 is 0 Å². The first kappa shape index (κ1) is 25.3. The molecule has 0 radical (unpaired) electrons. The van der Waals surface area contributed by atoms with Crippen LogP contribution >= 0.6 is 11.6 Å². The van der Waals surface area contributed by atoms with Gasteiger partial charge in [0.15, 0.2) is 0 Å². The van der Waals surface area contributed by atoms with Crippen molar-refractivity contribution in [1.29, 1.82) is 0 Å². The maximum absolute atomic E-state index is 13.8. The van der Waals surface area contributed by atoms with Crippen molar-refractivity contribution in [2.75, 3.05) is 16.0 Å². The largest absolute Gasteiger partial charge is 0.398 e. The van der Waals surface area contributed by atoms with E-state index in [4.69, 9.17) is 17.3 Å². The third-order valence-electron chi connectivity index (χ3n) is 6.41. The summed E-state index contributed by atoms with van der Waals surface area (Å²) < 4.78 is 1.81. The van der Waals surface area contributed by atoms with Gasteiger partial charge in [0.25, 0.3) is 0 Å². The van der Waals surface area contributed by atoms with Gasteiger partial charge in [0, 0.05) is 28.8 Å². The van der Waals surface area contributed by atoms with E-state index in [9.17, 15) is 4.79 Å². The number of nitrogens with zero attached hydrogens (tertiary/aromatic N) is 3. The molecule has 3 aromatic carbocycles. The van der Waals surface area contributed by atoms with Gasteiger partial charge in [0.05, 0.1) is 17.9 Å². The normalized spacial score (nSPS) is 10.9. The van der Waals surface area contributed by atoms with Gasteiger partial charge in [-0.1, -0.05) is 56.6 Å².